The molecule has 5 atom stereocenters. The van der Waals surface area contributed by atoms with E-state index in [0.717, 1.165) is 19.3 Å². The van der Waals surface area contributed by atoms with E-state index in [1.807, 2.05) is 0 Å². The molecule has 1 aliphatic heterocycles. The highest BCUT2D eigenvalue weighted by Crippen LogP contribution is 2.53. The Balaban J connectivity index is 2.06. The van der Waals surface area contributed by atoms with Crippen LogP contribution in [0.2, 0.25) is 0 Å². The number of hydrogen-bond donors (Lipinski definition) is 0. The number of fused-ring (bicyclic) bond motifs is 1. The van der Waals surface area contributed by atoms with Gasteiger partial charge in [0.2, 0.25) is 0 Å². The summed E-state index contributed by atoms with van der Waals surface area (Å²) >= 11 is 2.34. The fourth-order valence-electron chi connectivity index (χ4n) is 3.08. The third-order valence-corrected chi connectivity index (χ3v) is 6.59. The van der Waals surface area contributed by atoms with Crippen LogP contribution in [0.1, 0.15) is 19.3 Å². The van der Waals surface area contributed by atoms with Crippen molar-refractivity contribution in [1.29, 1.82) is 0 Å². The van der Waals surface area contributed by atoms with Crippen LogP contribution in [-0.2, 0) is 14.3 Å². The van der Waals surface area contributed by atoms with Gasteiger partial charge in [0.15, 0.2) is 0 Å². The largest absolute Gasteiger partial charge is 0.270 e. The first-order valence-electron chi connectivity index (χ1n) is 4.64. The lowest BCUT2D eigenvalue weighted by Crippen LogP contribution is -2.32. The molecule has 13 heavy (non-hydrogen) atoms. The van der Waals surface area contributed by atoms with Crippen molar-refractivity contribution in [3.05, 3.63) is 0 Å². The van der Waals surface area contributed by atoms with Gasteiger partial charge in [-0.15, -0.1) is 0 Å². The van der Waals surface area contributed by atoms with Gasteiger partial charge in [-0.1, -0.05) is 22.6 Å². The molecule has 2 aliphatic carbocycles. The third kappa shape index (κ3) is 1.13. The second kappa shape index (κ2) is 2.61. The summed E-state index contributed by atoms with van der Waals surface area (Å²) in [6.45, 7) is 0. The number of halogens is 1. The first-order valence-corrected chi connectivity index (χ1v) is 7.36. The molecule has 3 nitrogen and oxygen atoms in total. The van der Waals surface area contributed by atoms with Crippen LogP contribution in [0.25, 0.3) is 0 Å². The second-order valence-electron chi connectivity index (χ2n) is 4.35. The van der Waals surface area contributed by atoms with Gasteiger partial charge in [-0.2, -0.15) is 8.42 Å². The zero-order valence-electron chi connectivity index (χ0n) is 7.02. The predicted molar refractivity (Wildman–Crippen MR) is 56.2 cm³/mol. The van der Waals surface area contributed by atoms with Crippen LogP contribution in [-0.4, -0.2) is 23.7 Å². The minimum absolute atomic E-state index is 0.00523. The van der Waals surface area contributed by atoms with E-state index in [1.54, 1.807) is 0 Å². The molecule has 0 aromatic rings. The normalized spacial score (nSPS) is 56.8. The quantitative estimate of drug-likeness (QED) is 0.385. The molecule has 1 heterocycles. The fourth-order valence-corrected chi connectivity index (χ4v) is 6.61. The Morgan fingerprint density at radius 2 is 2.00 bits per heavy atom. The molecular weight excluding hydrogens is 303 g/mol. The molecule has 0 aromatic carbocycles. The lowest BCUT2D eigenvalue weighted by Gasteiger charge is -2.28. The molecule has 5 heteroatoms. The van der Waals surface area contributed by atoms with Crippen molar-refractivity contribution in [2.75, 3.05) is 0 Å². The Morgan fingerprint density at radius 3 is 2.77 bits per heavy atom. The molecule has 2 saturated carbocycles. The van der Waals surface area contributed by atoms with Crippen LogP contribution < -0.4 is 0 Å². The standard InChI is InChI=1S/C8H11IO3S/c9-6-2-4-1-5-7(3-4)13(10,11)12-8(5)6/h4-8H,1-3H2. The molecule has 0 spiro atoms. The van der Waals surface area contributed by atoms with E-state index in [2.05, 4.69) is 22.6 Å². The van der Waals surface area contributed by atoms with Gasteiger partial charge in [-0.25, -0.2) is 0 Å². The Bertz CT molecular complexity index is 339. The summed E-state index contributed by atoms with van der Waals surface area (Å²) in [4.78, 5) is 0. The molecular formula is C8H11IO3S. The van der Waals surface area contributed by atoms with Gasteiger partial charge >= 0.3 is 0 Å². The van der Waals surface area contributed by atoms with E-state index in [0.29, 0.717) is 15.8 Å². The lowest BCUT2D eigenvalue weighted by atomic mass is 9.87. The first kappa shape index (κ1) is 8.91. The van der Waals surface area contributed by atoms with E-state index in [9.17, 15) is 8.42 Å². The van der Waals surface area contributed by atoms with Gasteiger partial charge in [0.25, 0.3) is 10.1 Å². The summed E-state index contributed by atoms with van der Waals surface area (Å²) in [6, 6.07) is 0. The Kier molecular flexibility index (Phi) is 1.79. The lowest BCUT2D eigenvalue weighted by molar-refractivity contribution is 0.148. The molecule has 3 rings (SSSR count). The average molecular weight is 314 g/mol. The molecule has 3 aliphatic rings. The van der Waals surface area contributed by atoms with Gasteiger partial charge < -0.3 is 0 Å². The smallest absolute Gasteiger partial charge is 0.265 e. The van der Waals surface area contributed by atoms with Crippen LogP contribution in [0.3, 0.4) is 0 Å². The predicted octanol–water partition coefficient (Wildman–Crippen LogP) is 1.32. The van der Waals surface area contributed by atoms with Crippen molar-refractivity contribution in [2.24, 2.45) is 11.8 Å². The number of hydrogen-bond acceptors (Lipinski definition) is 3. The monoisotopic (exact) mass is 314 g/mol. The van der Waals surface area contributed by atoms with Crippen LogP contribution in [0.15, 0.2) is 0 Å². The maximum absolute atomic E-state index is 11.6. The van der Waals surface area contributed by atoms with Gasteiger partial charge in [0.1, 0.15) is 0 Å². The first-order chi connectivity index (χ1) is 6.08. The summed E-state index contributed by atoms with van der Waals surface area (Å²) < 4.78 is 28.7. The summed E-state index contributed by atoms with van der Waals surface area (Å²) in [7, 11) is -3.19. The maximum Gasteiger partial charge on any atom is 0.270 e. The van der Waals surface area contributed by atoms with Gasteiger partial charge in [0.05, 0.1) is 11.4 Å². The number of rotatable bonds is 0. The van der Waals surface area contributed by atoms with E-state index < -0.39 is 10.1 Å². The summed E-state index contributed by atoms with van der Waals surface area (Å²) in [5.41, 5.74) is 0. The molecule has 0 N–H and O–H groups in total. The van der Waals surface area contributed by atoms with E-state index in [-0.39, 0.29) is 11.4 Å². The second-order valence-corrected chi connectivity index (χ2v) is 7.73. The van der Waals surface area contributed by atoms with Crippen molar-refractivity contribution in [3.8, 4) is 0 Å². The molecule has 0 amide bonds. The average Bonchev–Trinajstić information content (AvgIpc) is 2.48. The molecule has 5 unspecified atom stereocenters. The van der Waals surface area contributed by atoms with Gasteiger partial charge in [-0.05, 0) is 25.2 Å². The number of alkyl halides is 1. The van der Waals surface area contributed by atoms with Gasteiger partial charge in [-0.3, -0.25) is 4.18 Å². The highest BCUT2D eigenvalue weighted by molar-refractivity contribution is 14.1. The third-order valence-electron chi connectivity index (χ3n) is 3.60. The molecule has 74 valence electrons. The maximum atomic E-state index is 11.6. The van der Waals surface area contributed by atoms with Crippen molar-refractivity contribution in [2.45, 2.75) is 34.5 Å². The Morgan fingerprint density at radius 1 is 1.23 bits per heavy atom. The molecule has 2 bridgehead atoms. The van der Waals surface area contributed by atoms with E-state index in [1.165, 1.54) is 0 Å². The van der Waals surface area contributed by atoms with Crippen molar-refractivity contribution in [3.63, 3.8) is 0 Å². The molecule has 0 radical (unpaired) electrons. The SMILES string of the molecule is O=S1(=O)OC2C(I)CC3CC2C1C3. The van der Waals surface area contributed by atoms with Crippen molar-refractivity contribution < 1.29 is 12.6 Å². The van der Waals surface area contributed by atoms with Crippen LogP contribution in [0.5, 0.6) is 0 Å². The summed E-state index contributed by atoms with van der Waals surface area (Å²) in [5, 5.41) is -0.165. The zero-order chi connectivity index (χ0) is 9.22. The summed E-state index contributed by atoms with van der Waals surface area (Å²) in [5.74, 6) is 0.956. The summed E-state index contributed by atoms with van der Waals surface area (Å²) in [6.07, 6.45) is 3.07. The van der Waals surface area contributed by atoms with E-state index >= 15 is 0 Å². The minimum Gasteiger partial charge on any atom is -0.265 e. The van der Waals surface area contributed by atoms with Crippen molar-refractivity contribution >= 4 is 32.7 Å². The minimum atomic E-state index is -3.19. The highest BCUT2D eigenvalue weighted by atomic mass is 127. The fraction of sp³-hybridized carbons (Fsp3) is 1.00. The van der Waals surface area contributed by atoms with Crippen LogP contribution >= 0.6 is 22.6 Å². The topological polar surface area (TPSA) is 43.4 Å². The zero-order valence-corrected chi connectivity index (χ0v) is 9.99. The van der Waals surface area contributed by atoms with Crippen molar-refractivity contribution in [1.82, 2.24) is 0 Å². The molecule has 0 aromatic heterocycles. The van der Waals surface area contributed by atoms with E-state index in [4.69, 9.17) is 4.18 Å². The molecule has 1 saturated heterocycles. The van der Waals surface area contributed by atoms with Crippen LogP contribution in [0.4, 0.5) is 0 Å². The highest BCUT2D eigenvalue weighted by Gasteiger charge is 2.58. The van der Waals surface area contributed by atoms with Gasteiger partial charge in [0, 0.05) is 9.84 Å². The van der Waals surface area contributed by atoms with Crippen LogP contribution in [0, 0.1) is 11.8 Å². The molecule has 3 fully saturated rings. The Hall–Kier alpha value is 0.640. The Labute approximate surface area is 91.5 Å².